The predicted molar refractivity (Wildman–Crippen MR) is 24.0 cm³/mol. The fraction of sp³-hybridized carbons (Fsp3) is 1.00. The van der Waals surface area contributed by atoms with Crippen LogP contribution in [0.5, 0.6) is 0 Å². The average Bonchev–Trinajstić information content (AvgIpc) is 1.81. The SMILES string of the molecule is [2H]C([2H])([2H])C([2H])([2H])C([2H])([2H])C([2H])([2H])N. The summed E-state index contributed by atoms with van der Waals surface area (Å²) in [6.07, 6.45) is -6.65. The van der Waals surface area contributed by atoms with Gasteiger partial charge in [0.2, 0.25) is 0 Å². The lowest BCUT2D eigenvalue weighted by atomic mass is 10.3. The van der Waals surface area contributed by atoms with Crippen LogP contribution in [-0.2, 0) is 0 Å². The molecule has 0 aromatic carbocycles. The Kier molecular flexibility index (Phi) is 0.367. The Balaban J connectivity index is 5.30. The fourth-order valence-electron chi connectivity index (χ4n) is 0.0361. The molecule has 32 valence electrons. The van der Waals surface area contributed by atoms with Gasteiger partial charge in [-0.2, -0.15) is 0 Å². The van der Waals surface area contributed by atoms with E-state index in [9.17, 15) is 0 Å². The van der Waals surface area contributed by atoms with E-state index in [0.717, 1.165) is 0 Å². The van der Waals surface area contributed by atoms with E-state index in [1.54, 1.807) is 0 Å². The molecule has 0 amide bonds. The van der Waals surface area contributed by atoms with E-state index in [2.05, 4.69) is 0 Å². The van der Waals surface area contributed by atoms with Crippen LogP contribution in [0.15, 0.2) is 0 Å². The maximum absolute atomic E-state index is 7.07. The van der Waals surface area contributed by atoms with Crippen molar-refractivity contribution in [2.75, 3.05) is 6.50 Å². The van der Waals surface area contributed by atoms with E-state index in [-0.39, 0.29) is 0 Å². The van der Waals surface area contributed by atoms with Gasteiger partial charge in [-0.1, -0.05) is 13.2 Å². The molecule has 0 fully saturated rings. The molecule has 2 N–H and O–H groups in total. The molecular weight excluding hydrogens is 62.1 g/mol. The Labute approximate surface area is 45.8 Å². The minimum atomic E-state index is -3.35. The fourth-order valence-corrected chi connectivity index (χ4v) is 0.0361. The zero-order chi connectivity index (χ0) is 12.0. The molecular formula is C4H11N. The normalized spacial score (nSPS) is 46.2. The van der Waals surface area contributed by atoms with E-state index in [4.69, 9.17) is 18.1 Å². The molecule has 5 heavy (non-hydrogen) atoms. The third kappa shape index (κ3) is 3.96. The second-order valence-electron chi connectivity index (χ2n) is 0.394. The molecule has 0 aliphatic carbocycles. The number of nitrogens with two attached hydrogens (primary N) is 1. The Morgan fingerprint density at radius 1 is 2.20 bits per heavy atom. The van der Waals surface area contributed by atoms with Gasteiger partial charge in [0.05, 0.1) is 0 Å². The zero-order valence-corrected chi connectivity index (χ0v) is 2.58. The van der Waals surface area contributed by atoms with E-state index >= 15 is 0 Å². The topological polar surface area (TPSA) is 26.0 Å². The summed E-state index contributed by atoms with van der Waals surface area (Å²) >= 11 is 0. The van der Waals surface area contributed by atoms with Gasteiger partial charge in [-0.3, -0.25) is 0 Å². The average molecular weight is 82.2 g/mol. The third-order valence-electron chi connectivity index (χ3n) is 0.135. The van der Waals surface area contributed by atoms with Crippen LogP contribution in [0.4, 0.5) is 0 Å². The number of rotatable bonds is 2. The maximum Gasteiger partial charge on any atom is 0.0425 e. The van der Waals surface area contributed by atoms with E-state index in [0.29, 0.717) is 0 Å². The van der Waals surface area contributed by atoms with Crippen molar-refractivity contribution in [3.05, 3.63) is 0 Å². The molecule has 0 radical (unpaired) electrons. The van der Waals surface area contributed by atoms with Gasteiger partial charge in [-0.25, -0.2) is 0 Å². The highest BCUT2D eigenvalue weighted by Crippen LogP contribution is 1.77. The van der Waals surface area contributed by atoms with Gasteiger partial charge in [-0.05, 0) is 12.9 Å². The summed E-state index contributed by atoms with van der Waals surface area (Å²) in [7, 11) is 0. The maximum atomic E-state index is 7.07. The van der Waals surface area contributed by atoms with Crippen LogP contribution in [-0.4, -0.2) is 6.50 Å². The highest BCUT2D eigenvalue weighted by molar-refractivity contribution is 4.29. The van der Waals surface area contributed by atoms with Gasteiger partial charge < -0.3 is 5.73 Å². The van der Waals surface area contributed by atoms with Gasteiger partial charge in [0.25, 0.3) is 0 Å². The quantitative estimate of drug-likeness (QED) is 0.522. The van der Waals surface area contributed by atoms with E-state index < -0.39 is 26.1 Å². The molecule has 0 heterocycles. The molecule has 0 aliphatic heterocycles. The first-order valence-electron chi connectivity index (χ1n) is 5.54. The van der Waals surface area contributed by atoms with Crippen molar-refractivity contribution in [3.63, 3.8) is 0 Å². The van der Waals surface area contributed by atoms with Crippen molar-refractivity contribution >= 4 is 0 Å². The minimum Gasteiger partial charge on any atom is -0.330 e. The van der Waals surface area contributed by atoms with Gasteiger partial charge in [0, 0.05) is 12.3 Å². The van der Waals surface area contributed by atoms with Crippen molar-refractivity contribution in [3.8, 4) is 0 Å². The lowest BCUT2D eigenvalue weighted by Crippen LogP contribution is -1.95. The van der Waals surface area contributed by atoms with Crippen LogP contribution in [0.1, 0.15) is 31.9 Å². The molecule has 0 rings (SSSR count). The van der Waals surface area contributed by atoms with E-state index in [1.165, 1.54) is 0 Å². The smallest absolute Gasteiger partial charge is 0.0425 e. The summed E-state index contributed by atoms with van der Waals surface area (Å²) in [6, 6.07) is 0. The van der Waals surface area contributed by atoms with Crippen LogP contribution in [0.2, 0.25) is 0 Å². The molecule has 0 aromatic rings. The molecule has 1 heteroatoms. The van der Waals surface area contributed by atoms with Crippen LogP contribution in [0, 0.1) is 0 Å². The van der Waals surface area contributed by atoms with Crippen molar-refractivity contribution in [2.24, 2.45) is 5.73 Å². The van der Waals surface area contributed by atoms with Crippen molar-refractivity contribution in [1.82, 2.24) is 0 Å². The van der Waals surface area contributed by atoms with Crippen LogP contribution >= 0.6 is 0 Å². The molecule has 0 aliphatic rings. The number of hydrogen-bond donors (Lipinski definition) is 1. The van der Waals surface area contributed by atoms with Gasteiger partial charge in [0.1, 0.15) is 0 Å². The Morgan fingerprint density at radius 2 is 3.00 bits per heavy atom. The molecule has 0 saturated carbocycles. The summed E-state index contributed by atoms with van der Waals surface area (Å²) in [5, 5.41) is 0. The standard InChI is InChI=1S/C4H11N/c1-2-3-4-5/h2-5H2,1H3/i1D3,2D2,3D2,4D2. The van der Waals surface area contributed by atoms with Crippen molar-refractivity contribution in [2.45, 2.75) is 19.6 Å². The predicted octanol–water partition coefficient (Wildman–Crippen LogP) is 0.745. The highest BCUT2D eigenvalue weighted by Gasteiger charge is 1.67. The van der Waals surface area contributed by atoms with Gasteiger partial charge >= 0.3 is 0 Å². The van der Waals surface area contributed by atoms with Crippen LogP contribution < -0.4 is 5.73 Å². The molecule has 0 atom stereocenters. The van der Waals surface area contributed by atoms with Crippen molar-refractivity contribution < 1.29 is 12.3 Å². The van der Waals surface area contributed by atoms with Crippen LogP contribution in [0.25, 0.3) is 0 Å². The first-order chi connectivity index (χ1) is 5.75. The Morgan fingerprint density at radius 3 is 3.20 bits per heavy atom. The lowest BCUT2D eigenvalue weighted by Gasteiger charge is -1.80. The van der Waals surface area contributed by atoms with Crippen molar-refractivity contribution in [1.29, 1.82) is 0 Å². The van der Waals surface area contributed by atoms with E-state index in [1.807, 2.05) is 0 Å². The zero-order valence-electron chi connectivity index (χ0n) is 11.6. The third-order valence-corrected chi connectivity index (χ3v) is 0.135. The first-order valence-corrected chi connectivity index (χ1v) is 1.04. The summed E-state index contributed by atoms with van der Waals surface area (Å²) < 4.78 is 62.2. The molecule has 0 unspecified atom stereocenters. The minimum absolute atomic E-state index is 3.06. The highest BCUT2D eigenvalue weighted by atomic mass is 14.5. The first kappa shape index (κ1) is 0.463. The molecule has 0 saturated heterocycles. The second kappa shape index (κ2) is 3.96. The Hall–Kier alpha value is -0.0400. The molecule has 1 nitrogen and oxygen atoms in total. The monoisotopic (exact) mass is 82.1 g/mol. The molecule has 0 bridgehead atoms. The summed E-state index contributed by atoms with van der Waals surface area (Å²) in [6.45, 7) is -6.34. The van der Waals surface area contributed by atoms with Gasteiger partial charge in [-0.15, -0.1) is 0 Å². The lowest BCUT2D eigenvalue weighted by molar-refractivity contribution is 0.807. The summed E-state index contributed by atoms with van der Waals surface area (Å²) in [5.41, 5.74) is 4.76. The van der Waals surface area contributed by atoms with Crippen LogP contribution in [0.3, 0.4) is 0 Å². The summed E-state index contributed by atoms with van der Waals surface area (Å²) in [5.74, 6) is 0. The second-order valence-corrected chi connectivity index (χ2v) is 0.394. The largest absolute Gasteiger partial charge is 0.330 e. The molecule has 0 spiro atoms. The van der Waals surface area contributed by atoms with Gasteiger partial charge in [0.15, 0.2) is 0 Å². The Bertz CT molecular complexity index is 186. The molecule has 0 aromatic heterocycles. The summed E-state index contributed by atoms with van der Waals surface area (Å²) in [4.78, 5) is 0. The number of hydrogen-bond acceptors (Lipinski definition) is 1.